The van der Waals surface area contributed by atoms with E-state index in [4.69, 9.17) is 4.74 Å². The number of rotatable bonds is 14. The second-order valence-electron chi connectivity index (χ2n) is 6.89. The molecule has 1 aromatic carbocycles. The first kappa shape index (κ1) is 21.7. The van der Waals surface area contributed by atoms with Crippen molar-refractivity contribution in [1.82, 2.24) is 0 Å². The fourth-order valence-corrected chi connectivity index (χ4v) is 3.05. The van der Waals surface area contributed by atoms with Crippen LogP contribution in [0.3, 0.4) is 0 Å². The first-order chi connectivity index (χ1) is 12.2. The summed E-state index contributed by atoms with van der Waals surface area (Å²) in [6.45, 7) is 4.26. The summed E-state index contributed by atoms with van der Waals surface area (Å²) in [6.07, 6.45) is 14.5. The van der Waals surface area contributed by atoms with E-state index in [9.17, 15) is 9.18 Å². The second-order valence-corrected chi connectivity index (χ2v) is 6.89. The van der Waals surface area contributed by atoms with E-state index in [1.807, 2.05) is 6.92 Å². The number of hydrogen-bond acceptors (Lipinski definition) is 2. The second kappa shape index (κ2) is 13.9. The van der Waals surface area contributed by atoms with Crippen molar-refractivity contribution in [2.24, 2.45) is 0 Å². The molecule has 1 aromatic rings. The lowest BCUT2D eigenvalue weighted by Gasteiger charge is -2.16. The number of halogens is 1. The van der Waals surface area contributed by atoms with E-state index in [0.717, 1.165) is 19.3 Å². The molecule has 1 atom stereocenters. The monoisotopic (exact) mass is 350 g/mol. The normalized spacial score (nSPS) is 12.1. The third-order valence-corrected chi connectivity index (χ3v) is 4.70. The zero-order valence-corrected chi connectivity index (χ0v) is 16.1. The van der Waals surface area contributed by atoms with Crippen molar-refractivity contribution < 1.29 is 13.9 Å². The first-order valence-electron chi connectivity index (χ1n) is 10.1. The molecule has 0 aromatic heterocycles. The molecule has 0 amide bonds. The van der Waals surface area contributed by atoms with Crippen LogP contribution in [0, 0.1) is 5.82 Å². The van der Waals surface area contributed by atoms with Crippen molar-refractivity contribution in [3.8, 4) is 0 Å². The molecular weight excluding hydrogens is 315 g/mol. The summed E-state index contributed by atoms with van der Waals surface area (Å²) < 4.78 is 19.1. The summed E-state index contributed by atoms with van der Waals surface area (Å²) in [5, 5.41) is 0. The minimum absolute atomic E-state index is 0.0315. The van der Waals surface area contributed by atoms with Crippen LogP contribution in [0.5, 0.6) is 0 Å². The molecule has 0 fully saturated rings. The fourth-order valence-electron chi connectivity index (χ4n) is 3.05. The van der Waals surface area contributed by atoms with Gasteiger partial charge in [-0.05, 0) is 31.4 Å². The SMILES string of the molecule is CCCCCCCCCCCCC(CC)OC(=O)c1ccccc1F. The van der Waals surface area contributed by atoms with Crippen molar-refractivity contribution in [1.29, 1.82) is 0 Å². The summed E-state index contributed by atoms with van der Waals surface area (Å²) in [5.41, 5.74) is 0.0315. The predicted molar refractivity (Wildman–Crippen MR) is 102 cm³/mol. The largest absolute Gasteiger partial charge is 0.459 e. The molecule has 0 N–H and O–H groups in total. The van der Waals surface area contributed by atoms with Gasteiger partial charge in [0.2, 0.25) is 0 Å². The molecule has 0 spiro atoms. The Balaban J connectivity index is 2.12. The van der Waals surface area contributed by atoms with Gasteiger partial charge in [-0.1, -0.05) is 83.8 Å². The highest BCUT2D eigenvalue weighted by molar-refractivity contribution is 5.89. The third kappa shape index (κ3) is 9.62. The lowest BCUT2D eigenvalue weighted by molar-refractivity contribution is 0.0262. The Morgan fingerprint density at radius 1 is 0.920 bits per heavy atom. The molecule has 1 unspecified atom stereocenters. The Labute approximate surface area is 153 Å². The van der Waals surface area contributed by atoms with Crippen LogP contribution in [0.1, 0.15) is 101 Å². The van der Waals surface area contributed by atoms with Crippen molar-refractivity contribution in [2.75, 3.05) is 0 Å². The highest BCUT2D eigenvalue weighted by Crippen LogP contribution is 2.16. The van der Waals surface area contributed by atoms with E-state index in [0.29, 0.717) is 0 Å². The van der Waals surface area contributed by atoms with Gasteiger partial charge in [0.25, 0.3) is 0 Å². The van der Waals surface area contributed by atoms with Crippen molar-refractivity contribution in [3.63, 3.8) is 0 Å². The molecular formula is C22H35FO2. The maximum absolute atomic E-state index is 13.6. The molecule has 1 rings (SSSR count). The molecule has 142 valence electrons. The first-order valence-corrected chi connectivity index (χ1v) is 10.1. The van der Waals surface area contributed by atoms with Crippen LogP contribution < -0.4 is 0 Å². The van der Waals surface area contributed by atoms with Gasteiger partial charge in [0, 0.05) is 0 Å². The molecule has 3 heteroatoms. The molecule has 0 bridgehead atoms. The predicted octanol–water partition coefficient (Wildman–Crippen LogP) is 7.07. The van der Waals surface area contributed by atoms with E-state index in [2.05, 4.69) is 6.92 Å². The van der Waals surface area contributed by atoms with Crippen LogP contribution in [0.4, 0.5) is 4.39 Å². The van der Waals surface area contributed by atoms with Gasteiger partial charge in [0.1, 0.15) is 11.9 Å². The Hall–Kier alpha value is -1.38. The van der Waals surface area contributed by atoms with Crippen molar-refractivity contribution >= 4 is 5.97 Å². The average Bonchev–Trinajstić information content (AvgIpc) is 2.62. The minimum Gasteiger partial charge on any atom is -0.459 e. The van der Waals surface area contributed by atoms with Crippen LogP contribution in [-0.2, 0) is 4.74 Å². The number of benzene rings is 1. The molecule has 0 aliphatic rings. The Kier molecular flexibility index (Phi) is 12.0. The van der Waals surface area contributed by atoms with Crippen molar-refractivity contribution in [3.05, 3.63) is 35.6 Å². The summed E-state index contributed by atoms with van der Waals surface area (Å²) in [6, 6.07) is 6.00. The van der Waals surface area contributed by atoms with Gasteiger partial charge < -0.3 is 4.74 Å². The minimum atomic E-state index is -0.544. The highest BCUT2D eigenvalue weighted by atomic mass is 19.1. The summed E-state index contributed by atoms with van der Waals surface area (Å²) >= 11 is 0. The van der Waals surface area contributed by atoms with Crippen molar-refractivity contribution in [2.45, 2.75) is 97.0 Å². The van der Waals surface area contributed by atoms with Gasteiger partial charge in [0.05, 0.1) is 5.56 Å². The highest BCUT2D eigenvalue weighted by Gasteiger charge is 2.17. The number of ether oxygens (including phenoxy) is 1. The van der Waals surface area contributed by atoms with Crippen LogP contribution in [-0.4, -0.2) is 12.1 Å². The van der Waals surface area contributed by atoms with Crippen LogP contribution in [0.25, 0.3) is 0 Å². The van der Waals surface area contributed by atoms with E-state index in [-0.39, 0.29) is 11.7 Å². The number of hydrogen-bond donors (Lipinski definition) is 0. The van der Waals surface area contributed by atoms with E-state index < -0.39 is 11.8 Å². The van der Waals surface area contributed by atoms with Gasteiger partial charge in [-0.25, -0.2) is 9.18 Å². The number of carbonyl (C=O) groups excluding carboxylic acids is 1. The maximum atomic E-state index is 13.6. The summed E-state index contributed by atoms with van der Waals surface area (Å²) in [5.74, 6) is -1.06. The quantitative estimate of drug-likeness (QED) is 0.265. The van der Waals surface area contributed by atoms with E-state index >= 15 is 0 Å². The molecule has 0 aliphatic heterocycles. The van der Waals surface area contributed by atoms with Gasteiger partial charge >= 0.3 is 5.97 Å². The Morgan fingerprint density at radius 3 is 2.04 bits per heavy atom. The molecule has 25 heavy (non-hydrogen) atoms. The number of esters is 1. The molecule has 0 saturated carbocycles. The molecule has 0 radical (unpaired) electrons. The van der Waals surface area contributed by atoms with Gasteiger partial charge in [-0.15, -0.1) is 0 Å². The van der Waals surface area contributed by atoms with Crippen LogP contribution in [0.15, 0.2) is 24.3 Å². The number of unbranched alkanes of at least 4 members (excludes halogenated alkanes) is 9. The Bertz CT molecular complexity index is 473. The molecule has 0 aliphatic carbocycles. The summed E-state index contributed by atoms with van der Waals surface area (Å²) in [4.78, 5) is 12.1. The zero-order valence-electron chi connectivity index (χ0n) is 16.1. The molecule has 0 heterocycles. The van der Waals surface area contributed by atoms with Crippen LogP contribution >= 0.6 is 0 Å². The average molecular weight is 351 g/mol. The Morgan fingerprint density at radius 2 is 1.48 bits per heavy atom. The smallest absolute Gasteiger partial charge is 0.341 e. The lowest BCUT2D eigenvalue weighted by atomic mass is 10.0. The topological polar surface area (TPSA) is 26.3 Å². The van der Waals surface area contributed by atoms with Gasteiger partial charge in [0.15, 0.2) is 0 Å². The van der Waals surface area contributed by atoms with Crippen LogP contribution in [0.2, 0.25) is 0 Å². The molecule has 0 saturated heterocycles. The zero-order chi connectivity index (χ0) is 18.3. The number of carbonyl (C=O) groups is 1. The standard InChI is InChI=1S/C22H35FO2/c1-3-5-6-7-8-9-10-11-12-13-16-19(4-2)25-22(24)20-17-14-15-18-21(20)23/h14-15,17-19H,3-13,16H2,1-2H3. The fraction of sp³-hybridized carbons (Fsp3) is 0.682. The third-order valence-electron chi connectivity index (χ3n) is 4.70. The lowest BCUT2D eigenvalue weighted by Crippen LogP contribution is -2.18. The van der Waals surface area contributed by atoms with E-state index in [1.54, 1.807) is 12.1 Å². The van der Waals surface area contributed by atoms with Gasteiger partial charge in [-0.3, -0.25) is 0 Å². The molecule has 2 nitrogen and oxygen atoms in total. The summed E-state index contributed by atoms with van der Waals surface area (Å²) in [7, 11) is 0. The maximum Gasteiger partial charge on any atom is 0.341 e. The van der Waals surface area contributed by atoms with E-state index in [1.165, 1.54) is 69.9 Å². The van der Waals surface area contributed by atoms with Gasteiger partial charge in [-0.2, -0.15) is 0 Å².